The lowest BCUT2D eigenvalue weighted by Crippen LogP contribution is -2.24. The van der Waals surface area contributed by atoms with E-state index in [0.29, 0.717) is 25.7 Å². The number of nitrogens with zero attached hydrogens (tertiary/aromatic N) is 2. The molecule has 0 bridgehead atoms. The first kappa shape index (κ1) is 35.5. The molecule has 0 atom stereocenters. The summed E-state index contributed by atoms with van der Waals surface area (Å²) in [5.41, 5.74) is 17.9. The van der Waals surface area contributed by atoms with E-state index in [4.69, 9.17) is 25.7 Å². The molecule has 0 N–H and O–H groups in total. The van der Waals surface area contributed by atoms with Crippen LogP contribution in [-0.4, -0.2) is 9.13 Å². The Morgan fingerprint density at radius 3 is 1.17 bits per heavy atom. The quantitative estimate of drug-likeness (QED) is 0.149. The van der Waals surface area contributed by atoms with Gasteiger partial charge >= 0.3 is 0 Å². The molecule has 0 unspecified atom stereocenters. The van der Waals surface area contributed by atoms with Crippen LogP contribution in [-0.2, 0) is 24.9 Å². The van der Waals surface area contributed by atoms with Gasteiger partial charge in [0, 0.05) is 94.3 Å². The zero-order chi connectivity index (χ0) is 40.9. The van der Waals surface area contributed by atoms with Crippen LogP contribution in [0.25, 0.3) is 88.1 Å². The third kappa shape index (κ3) is 4.44. The number of terminal acetylenes is 4. The number of benzene rings is 7. The summed E-state index contributed by atoms with van der Waals surface area (Å²) in [6.07, 6.45) is 26.9. The minimum absolute atomic E-state index is 0.494. The lowest BCUT2D eigenvalue weighted by molar-refractivity contribution is 0.560. The molecule has 0 amide bonds. The third-order valence-corrected chi connectivity index (χ3v) is 13.9. The molecule has 0 spiro atoms. The normalized spacial score (nSPS) is 14.0. The van der Waals surface area contributed by atoms with E-state index in [0.717, 1.165) is 11.1 Å². The Morgan fingerprint density at radius 1 is 0.417 bits per heavy atom. The van der Waals surface area contributed by atoms with Crippen molar-refractivity contribution in [2.45, 2.75) is 36.5 Å². The largest absolute Gasteiger partial charge is 0.343 e. The van der Waals surface area contributed by atoms with E-state index in [9.17, 15) is 0 Å². The van der Waals surface area contributed by atoms with E-state index in [1.807, 2.05) is 0 Å². The van der Waals surface area contributed by atoms with Crippen LogP contribution in [0, 0.1) is 49.4 Å². The standard InChI is InChI=1S/C58H40N2/c1-7-31-57(32-8-2)45-23-15-11-19-39(45)41-29-27-37(35-47(41)57)51-53-43-21-13-17-25-49(43)60(6)56(53)52(54-44-22-14-18-26-50(44)59(5)55(51)54)38-28-30-42-40-20-12-16-24-46(40)58(33-9-3,34-10-4)48(42)36-38/h1-4,11-30,35-36H,31-34H2,5-6H3. The summed E-state index contributed by atoms with van der Waals surface area (Å²) in [6, 6.07) is 48.9. The first-order chi connectivity index (χ1) is 29.4. The summed E-state index contributed by atoms with van der Waals surface area (Å²) < 4.78 is 4.79. The SMILES string of the molecule is C#CCC1(CC#C)c2ccccc2-c2ccc(-c3c4c5ccccc5n(C)c4c(-c4ccc5c(c4)C(CC#C)(CC#C)c4ccccc4-5)c4c5ccccc5n(C)c34)cc21. The molecule has 2 aliphatic rings. The highest BCUT2D eigenvalue weighted by molar-refractivity contribution is 6.32. The second-order valence-corrected chi connectivity index (χ2v) is 16.6. The van der Waals surface area contributed by atoms with Gasteiger partial charge in [0.1, 0.15) is 0 Å². The van der Waals surface area contributed by atoms with E-state index >= 15 is 0 Å². The van der Waals surface area contributed by atoms with Crippen LogP contribution in [0.2, 0.25) is 0 Å². The smallest absolute Gasteiger partial charge is 0.0582 e. The topological polar surface area (TPSA) is 9.86 Å². The predicted molar refractivity (Wildman–Crippen MR) is 252 cm³/mol. The Hall–Kier alpha value is -7.62. The Labute approximate surface area is 351 Å². The van der Waals surface area contributed by atoms with Gasteiger partial charge in [0.25, 0.3) is 0 Å². The van der Waals surface area contributed by atoms with Gasteiger partial charge in [-0.1, -0.05) is 109 Å². The molecular formula is C58H40N2. The van der Waals surface area contributed by atoms with Gasteiger partial charge in [0.15, 0.2) is 0 Å². The number of hydrogen-bond donors (Lipinski definition) is 0. The molecule has 7 aromatic carbocycles. The molecule has 9 aromatic rings. The van der Waals surface area contributed by atoms with E-state index in [-0.39, 0.29) is 0 Å². The van der Waals surface area contributed by atoms with Crippen molar-refractivity contribution in [2.24, 2.45) is 14.1 Å². The predicted octanol–water partition coefficient (Wildman–Crippen LogP) is 12.9. The molecule has 2 aliphatic carbocycles. The van der Waals surface area contributed by atoms with Crippen LogP contribution in [0.1, 0.15) is 47.9 Å². The van der Waals surface area contributed by atoms with E-state index in [2.05, 4.69) is 180 Å². The molecule has 0 fully saturated rings. The highest BCUT2D eigenvalue weighted by atomic mass is 15.0. The van der Waals surface area contributed by atoms with Crippen LogP contribution >= 0.6 is 0 Å². The lowest BCUT2D eigenvalue weighted by atomic mass is 9.72. The van der Waals surface area contributed by atoms with E-state index < -0.39 is 10.8 Å². The van der Waals surface area contributed by atoms with Gasteiger partial charge in [-0.2, -0.15) is 0 Å². The molecule has 0 saturated heterocycles. The molecule has 2 heterocycles. The van der Waals surface area contributed by atoms with Crippen molar-refractivity contribution in [3.05, 3.63) is 156 Å². The first-order valence-electron chi connectivity index (χ1n) is 20.6. The number of para-hydroxylation sites is 2. The van der Waals surface area contributed by atoms with Gasteiger partial charge in [-0.05, 0) is 79.9 Å². The molecule has 2 heteroatoms. The van der Waals surface area contributed by atoms with Gasteiger partial charge < -0.3 is 9.13 Å². The number of rotatable bonds is 6. The fraction of sp³-hybridized carbons (Fsp3) is 0.138. The number of aromatic nitrogens is 2. The summed E-state index contributed by atoms with van der Waals surface area (Å²) in [7, 11) is 4.42. The second-order valence-electron chi connectivity index (χ2n) is 16.6. The number of fused-ring (bicyclic) bond motifs is 12. The molecule has 2 aromatic heterocycles. The van der Waals surface area contributed by atoms with Crippen LogP contribution in [0.3, 0.4) is 0 Å². The molecule has 2 nitrogen and oxygen atoms in total. The Morgan fingerprint density at radius 2 is 0.767 bits per heavy atom. The van der Waals surface area contributed by atoms with Crippen molar-refractivity contribution >= 4 is 43.6 Å². The summed E-state index contributed by atoms with van der Waals surface area (Å²) in [6.45, 7) is 0. The minimum Gasteiger partial charge on any atom is -0.343 e. The number of aryl methyl sites for hydroxylation is 2. The molecule has 60 heavy (non-hydrogen) atoms. The van der Waals surface area contributed by atoms with Gasteiger partial charge in [-0.3, -0.25) is 0 Å². The maximum atomic E-state index is 6.20. The van der Waals surface area contributed by atoms with E-state index in [1.54, 1.807) is 0 Å². The van der Waals surface area contributed by atoms with E-state index in [1.165, 1.54) is 99.2 Å². The van der Waals surface area contributed by atoms with Gasteiger partial charge in [0.2, 0.25) is 0 Å². The van der Waals surface area contributed by atoms with Crippen molar-refractivity contribution in [2.75, 3.05) is 0 Å². The Balaban J connectivity index is 1.30. The average molecular weight is 765 g/mol. The van der Waals surface area contributed by atoms with Crippen LogP contribution in [0.15, 0.2) is 133 Å². The monoisotopic (exact) mass is 764 g/mol. The fourth-order valence-corrected chi connectivity index (χ4v) is 11.5. The molecule has 282 valence electrons. The Bertz CT molecular complexity index is 3250. The van der Waals surface area contributed by atoms with Crippen LogP contribution < -0.4 is 0 Å². The summed E-state index contributed by atoms with van der Waals surface area (Å²) in [5, 5.41) is 4.81. The van der Waals surface area contributed by atoms with Crippen molar-refractivity contribution < 1.29 is 0 Å². The molecule has 0 aliphatic heterocycles. The molecule has 11 rings (SSSR count). The summed E-state index contributed by atoms with van der Waals surface area (Å²) >= 11 is 0. The van der Waals surface area contributed by atoms with Crippen molar-refractivity contribution in [1.29, 1.82) is 0 Å². The zero-order valence-corrected chi connectivity index (χ0v) is 33.7. The molecule has 0 saturated carbocycles. The van der Waals surface area contributed by atoms with Crippen LogP contribution in [0.5, 0.6) is 0 Å². The third-order valence-electron chi connectivity index (χ3n) is 13.9. The Kier molecular flexibility index (Phi) is 7.67. The maximum absolute atomic E-state index is 6.20. The zero-order valence-electron chi connectivity index (χ0n) is 33.7. The summed E-state index contributed by atoms with van der Waals surface area (Å²) in [5.74, 6) is 12.1. The van der Waals surface area contributed by atoms with Gasteiger partial charge in [0.05, 0.1) is 11.0 Å². The fourth-order valence-electron chi connectivity index (χ4n) is 11.5. The maximum Gasteiger partial charge on any atom is 0.0582 e. The molecule has 0 radical (unpaired) electrons. The van der Waals surface area contributed by atoms with Crippen LogP contribution in [0.4, 0.5) is 0 Å². The average Bonchev–Trinajstić information content (AvgIpc) is 3.93. The lowest BCUT2D eigenvalue weighted by Gasteiger charge is -2.29. The van der Waals surface area contributed by atoms with Crippen molar-refractivity contribution in [3.63, 3.8) is 0 Å². The number of hydrogen-bond acceptors (Lipinski definition) is 0. The highest BCUT2D eigenvalue weighted by Crippen LogP contribution is 2.57. The summed E-state index contributed by atoms with van der Waals surface area (Å²) in [4.78, 5) is 0. The van der Waals surface area contributed by atoms with Gasteiger partial charge in [-0.25, -0.2) is 0 Å². The highest BCUT2D eigenvalue weighted by Gasteiger charge is 2.44. The van der Waals surface area contributed by atoms with Crippen molar-refractivity contribution in [1.82, 2.24) is 9.13 Å². The minimum atomic E-state index is -0.494. The second kappa shape index (κ2) is 12.9. The van der Waals surface area contributed by atoms with Crippen molar-refractivity contribution in [3.8, 4) is 93.9 Å². The molecular weight excluding hydrogens is 725 g/mol. The van der Waals surface area contributed by atoms with Gasteiger partial charge in [-0.15, -0.1) is 49.4 Å². The first-order valence-corrected chi connectivity index (χ1v) is 20.6.